The predicted octanol–water partition coefficient (Wildman–Crippen LogP) is 5.32. The zero-order chi connectivity index (χ0) is 16.8. The molecule has 0 atom stereocenters. The summed E-state index contributed by atoms with van der Waals surface area (Å²) in [5, 5.41) is 7.98. The standard InChI is InChI=1S/C14H10Cl3F2N3O/c15-9-1-7(20)2-10(16)12(9)23-11-3-8(13(17)22-21-11)6-4-14(18,19)5-6/h1-3,6H,4-5,20H2. The van der Waals surface area contributed by atoms with Crippen molar-refractivity contribution in [1.29, 1.82) is 0 Å². The fourth-order valence-corrected chi connectivity index (χ4v) is 3.20. The van der Waals surface area contributed by atoms with Crippen LogP contribution in [-0.2, 0) is 0 Å². The van der Waals surface area contributed by atoms with Crippen molar-refractivity contribution >= 4 is 40.5 Å². The first-order valence-electron chi connectivity index (χ1n) is 6.58. The molecule has 0 spiro atoms. The highest BCUT2D eigenvalue weighted by molar-refractivity contribution is 6.37. The molecule has 1 aromatic heterocycles. The third-order valence-corrected chi connectivity index (χ3v) is 4.37. The van der Waals surface area contributed by atoms with Crippen LogP contribution >= 0.6 is 34.8 Å². The third-order valence-electron chi connectivity index (χ3n) is 3.51. The number of nitrogens with zero attached hydrogens (tertiary/aromatic N) is 2. The molecular weight excluding hydrogens is 371 g/mol. The number of anilines is 1. The quantitative estimate of drug-likeness (QED) is 0.732. The Balaban J connectivity index is 1.88. The maximum absolute atomic E-state index is 13.0. The molecule has 1 aromatic carbocycles. The number of rotatable bonds is 3. The van der Waals surface area contributed by atoms with Gasteiger partial charge in [-0.15, -0.1) is 10.2 Å². The molecule has 0 radical (unpaired) electrons. The van der Waals surface area contributed by atoms with Crippen molar-refractivity contribution in [3.63, 3.8) is 0 Å². The molecule has 4 nitrogen and oxygen atoms in total. The number of ether oxygens (including phenoxy) is 1. The Labute approximate surface area is 145 Å². The van der Waals surface area contributed by atoms with Crippen molar-refractivity contribution in [1.82, 2.24) is 10.2 Å². The van der Waals surface area contributed by atoms with Gasteiger partial charge in [-0.2, -0.15) is 0 Å². The van der Waals surface area contributed by atoms with Crippen LogP contribution in [0.4, 0.5) is 14.5 Å². The molecule has 3 rings (SSSR count). The molecule has 0 amide bonds. The van der Waals surface area contributed by atoms with Gasteiger partial charge in [0.1, 0.15) is 0 Å². The number of alkyl halides is 2. The summed E-state index contributed by atoms with van der Waals surface area (Å²) in [6.45, 7) is 0. The summed E-state index contributed by atoms with van der Waals surface area (Å²) in [7, 11) is 0. The van der Waals surface area contributed by atoms with Gasteiger partial charge in [-0.05, 0) is 18.1 Å². The van der Waals surface area contributed by atoms with Crippen molar-refractivity contribution in [2.24, 2.45) is 0 Å². The second kappa shape index (κ2) is 5.92. The topological polar surface area (TPSA) is 61.0 Å². The van der Waals surface area contributed by atoms with Crippen LogP contribution in [0.2, 0.25) is 15.2 Å². The Morgan fingerprint density at radius 3 is 2.26 bits per heavy atom. The Kier molecular flexibility index (Phi) is 4.25. The molecule has 1 heterocycles. The van der Waals surface area contributed by atoms with Gasteiger partial charge in [0.2, 0.25) is 11.8 Å². The van der Waals surface area contributed by atoms with E-state index in [1.165, 1.54) is 18.2 Å². The Morgan fingerprint density at radius 2 is 1.70 bits per heavy atom. The summed E-state index contributed by atoms with van der Waals surface area (Å²) in [5.74, 6) is -2.83. The largest absolute Gasteiger partial charge is 0.434 e. The number of benzene rings is 1. The number of hydrogen-bond donors (Lipinski definition) is 1. The number of halogens is 5. The van der Waals surface area contributed by atoms with Crippen LogP contribution in [0.5, 0.6) is 11.6 Å². The highest BCUT2D eigenvalue weighted by Crippen LogP contribution is 2.50. The van der Waals surface area contributed by atoms with E-state index >= 15 is 0 Å². The SMILES string of the molecule is Nc1cc(Cl)c(Oc2cc(C3CC(F)(F)C3)c(Cl)nn2)c(Cl)c1. The van der Waals surface area contributed by atoms with Crippen LogP contribution in [0, 0.1) is 0 Å². The summed E-state index contributed by atoms with van der Waals surface area (Å²) in [4.78, 5) is 0. The molecule has 1 aliphatic rings. The lowest BCUT2D eigenvalue weighted by atomic mass is 9.77. The molecule has 2 aromatic rings. The number of aromatic nitrogens is 2. The fourth-order valence-electron chi connectivity index (χ4n) is 2.37. The number of nitrogen functional groups attached to an aromatic ring is 1. The van der Waals surface area contributed by atoms with Crippen molar-refractivity contribution in [3.8, 4) is 11.6 Å². The van der Waals surface area contributed by atoms with Gasteiger partial charge in [0.05, 0.1) is 10.0 Å². The van der Waals surface area contributed by atoms with E-state index in [1.54, 1.807) is 0 Å². The minimum atomic E-state index is -2.66. The second-order valence-electron chi connectivity index (χ2n) is 5.31. The maximum Gasteiger partial charge on any atom is 0.249 e. The van der Waals surface area contributed by atoms with Crippen LogP contribution in [0.3, 0.4) is 0 Å². The smallest absolute Gasteiger partial charge is 0.249 e. The molecule has 122 valence electrons. The average Bonchev–Trinajstić information content (AvgIpc) is 2.42. The first-order valence-corrected chi connectivity index (χ1v) is 7.72. The van der Waals surface area contributed by atoms with Gasteiger partial charge in [0.15, 0.2) is 10.9 Å². The minimum Gasteiger partial charge on any atom is -0.434 e. The van der Waals surface area contributed by atoms with Crippen LogP contribution in [0.25, 0.3) is 0 Å². The van der Waals surface area contributed by atoms with Gasteiger partial charge in [-0.25, -0.2) is 8.78 Å². The maximum atomic E-state index is 13.0. The lowest BCUT2D eigenvalue weighted by Gasteiger charge is -2.35. The Morgan fingerprint density at radius 1 is 1.09 bits per heavy atom. The highest BCUT2D eigenvalue weighted by atomic mass is 35.5. The van der Waals surface area contributed by atoms with Crippen LogP contribution < -0.4 is 10.5 Å². The van der Waals surface area contributed by atoms with E-state index in [0.717, 1.165) is 0 Å². The number of nitrogens with two attached hydrogens (primary N) is 1. The Bertz CT molecular complexity index is 742. The molecular formula is C14H10Cl3F2N3O. The van der Waals surface area contributed by atoms with E-state index in [0.29, 0.717) is 11.3 Å². The number of hydrogen-bond acceptors (Lipinski definition) is 4. The molecule has 1 aliphatic carbocycles. The molecule has 0 unspecified atom stereocenters. The van der Waals surface area contributed by atoms with E-state index in [1.807, 2.05) is 0 Å². The van der Waals surface area contributed by atoms with Crippen LogP contribution in [0.1, 0.15) is 24.3 Å². The van der Waals surface area contributed by atoms with Crippen molar-refractivity contribution in [2.45, 2.75) is 24.7 Å². The van der Waals surface area contributed by atoms with Crippen LogP contribution in [0.15, 0.2) is 18.2 Å². The van der Waals surface area contributed by atoms with E-state index in [9.17, 15) is 8.78 Å². The lowest BCUT2D eigenvalue weighted by Crippen LogP contribution is -2.33. The molecule has 2 N–H and O–H groups in total. The first-order chi connectivity index (χ1) is 10.7. The fraction of sp³-hybridized carbons (Fsp3) is 0.286. The lowest BCUT2D eigenvalue weighted by molar-refractivity contribution is -0.0868. The summed E-state index contributed by atoms with van der Waals surface area (Å²) in [6, 6.07) is 4.41. The molecule has 1 fully saturated rings. The van der Waals surface area contributed by atoms with E-state index < -0.39 is 5.92 Å². The van der Waals surface area contributed by atoms with Gasteiger partial charge in [-0.1, -0.05) is 34.8 Å². The molecule has 0 bridgehead atoms. The zero-order valence-corrected chi connectivity index (χ0v) is 13.8. The summed E-state index contributed by atoms with van der Waals surface area (Å²) >= 11 is 18.0. The second-order valence-corrected chi connectivity index (χ2v) is 6.48. The zero-order valence-electron chi connectivity index (χ0n) is 11.5. The average molecular weight is 381 g/mol. The summed E-state index contributed by atoms with van der Waals surface area (Å²) in [5.41, 5.74) is 6.46. The molecule has 23 heavy (non-hydrogen) atoms. The predicted molar refractivity (Wildman–Crippen MR) is 84.9 cm³/mol. The van der Waals surface area contributed by atoms with Gasteiger partial charge in [-0.3, -0.25) is 0 Å². The van der Waals surface area contributed by atoms with E-state index in [-0.39, 0.29) is 45.6 Å². The third kappa shape index (κ3) is 3.44. The first kappa shape index (κ1) is 16.5. The monoisotopic (exact) mass is 379 g/mol. The molecule has 9 heteroatoms. The van der Waals surface area contributed by atoms with Crippen molar-refractivity contribution < 1.29 is 13.5 Å². The van der Waals surface area contributed by atoms with Gasteiger partial charge in [0.25, 0.3) is 0 Å². The molecule has 0 saturated heterocycles. The van der Waals surface area contributed by atoms with Gasteiger partial charge in [0, 0.05) is 30.2 Å². The highest BCUT2D eigenvalue weighted by Gasteiger charge is 2.46. The Hall–Kier alpha value is -1.37. The normalized spacial score (nSPS) is 16.9. The van der Waals surface area contributed by atoms with Gasteiger partial charge < -0.3 is 10.5 Å². The van der Waals surface area contributed by atoms with Crippen molar-refractivity contribution in [2.75, 3.05) is 5.73 Å². The molecule has 0 aliphatic heterocycles. The van der Waals surface area contributed by atoms with Crippen LogP contribution in [-0.4, -0.2) is 16.1 Å². The summed E-state index contributed by atoms with van der Waals surface area (Å²) < 4.78 is 31.6. The minimum absolute atomic E-state index is 0.0631. The van der Waals surface area contributed by atoms with Crippen molar-refractivity contribution in [3.05, 3.63) is 39.0 Å². The van der Waals surface area contributed by atoms with E-state index in [2.05, 4.69) is 10.2 Å². The van der Waals surface area contributed by atoms with Gasteiger partial charge >= 0.3 is 0 Å². The molecule has 1 saturated carbocycles. The summed E-state index contributed by atoms with van der Waals surface area (Å²) in [6.07, 6.45) is -0.553. The van der Waals surface area contributed by atoms with E-state index in [4.69, 9.17) is 45.3 Å².